The highest BCUT2D eigenvalue weighted by Crippen LogP contribution is 2.29. The second-order valence-corrected chi connectivity index (χ2v) is 5.21. The molecule has 0 saturated carbocycles. The smallest absolute Gasteiger partial charge is 0.253 e. The lowest BCUT2D eigenvalue weighted by atomic mass is 9.79. The molecule has 0 aliphatic rings. The second kappa shape index (κ2) is 8.02. The first-order valence-corrected chi connectivity index (χ1v) is 7.20. The summed E-state index contributed by atoms with van der Waals surface area (Å²) in [6, 6.07) is 8.88. The van der Waals surface area contributed by atoms with E-state index >= 15 is 0 Å². The molecule has 3 N–H and O–H groups in total. The monoisotopic (exact) mass is 279 g/mol. The van der Waals surface area contributed by atoms with E-state index in [0.717, 1.165) is 12.8 Å². The molecule has 20 heavy (non-hydrogen) atoms. The van der Waals surface area contributed by atoms with Gasteiger partial charge in [0.15, 0.2) is 6.10 Å². The van der Waals surface area contributed by atoms with Gasteiger partial charge in [-0.15, -0.1) is 0 Å². The molecule has 4 heteroatoms. The van der Waals surface area contributed by atoms with Crippen molar-refractivity contribution in [2.45, 2.75) is 39.2 Å². The molecule has 0 radical (unpaired) electrons. The van der Waals surface area contributed by atoms with E-state index in [1.807, 2.05) is 6.07 Å². The molecule has 0 aromatic heterocycles. The van der Waals surface area contributed by atoms with Crippen molar-refractivity contribution in [3.8, 4) is 0 Å². The molecule has 1 amide bonds. The third-order valence-corrected chi connectivity index (χ3v) is 4.14. The standard InChI is InChI=1S/C16H25NO3/c1-3-16(4-2,10-11-18)12-17-15(20)14(19)13-8-6-5-7-9-13/h5-9,14,18-19H,3-4,10-12H2,1-2H3,(H,17,20). The van der Waals surface area contributed by atoms with E-state index in [1.54, 1.807) is 24.3 Å². The Balaban J connectivity index is 2.62. The van der Waals surface area contributed by atoms with Crippen molar-refractivity contribution in [1.29, 1.82) is 0 Å². The van der Waals surface area contributed by atoms with Crippen LogP contribution in [0.1, 0.15) is 44.8 Å². The van der Waals surface area contributed by atoms with Crippen LogP contribution in [0.5, 0.6) is 0 Å². The summed E-state index contributed by atoms with van der Waals surface area (Å²) in [6.45, 7) is 4.69. The number of hydrogen-bond donors (Lipinski definition) is 3. The molecule has 0 aliphatic carbocycles. The molecule has 0 bridgehead atoms. The summed E-state index contributed by atoms with van der Waals surface area (Å²) in [6.07, 6.45) is 1.27. The van der Waals surface area contributed by atoms with Gasteiger partial charge in [-0.3, -0.25) is 4.79 Å². The van der Waals surface area contributed by atoms with Crippen molar-refractivity contribution >= 4 is 5.91 Å². The predicted octanol–water partition coefficient (Wildman–Crippen LogP) is 2.02. The molecular weight excluding hydrogens is 254 g/mol. The molecule has 4 nitrogen and oxygen atoms in total. The molecule has 1 unspecified atom stereocenters. The van der Waals surface area contributed by atoms with Crippen LogP contribution in [0, 0.1) is 5.41 Å². The minimum atomic E-state index is -1.14. The maximum Gasteiger partial charge on any atom is 0.253 e. The molecule has 112 valence electrons. The number of aliphatic hydroxyl groups excluding tert-OH is 2. The average Bonchev–Trinajstić information content (AvgIpc) is 2.51. The summed E-state index contributed by atoms with van der Waals surface area (Å²) < 4.78 is 0. The Morgan fingerprint density at radius 1 is 1.25 bits per heavy atom. The van der Waals surface area contributed by atoms with E-state index in [0.29, 0.717) is 18.5 Å². The zero-order valence-corrected chi connectivity index (χ0v) is 12.3. The molecular formula is C16H25NO3. The van der Waals surface area contributed by atoms with Gasteiger partial charge in [0.2, 0.25) is 0 Å². The summed E-state index contributed by atoms with van der Waals surface area (Å²) >= 11 is 0. The van der Waals surface area contributed by atoms with Gasteiger partial charge in [-0.25, -0.2) is 0 Å². The van der Waals surface area contributed by atoms with Gasteiger partial charge in [-0.2, -0.15) is 0 Å². The van der Waals surface area contributed by atoms with Crippen LogP contribution in [0.2, 0.25) is 0 Å². The van der Waals surface area contributed by atoms with Crippen LogP contribution in [0.15, 0.2) is 30.3 Å². The van der Waals surface area contributed by atoms with Gasteiger partial charge >= 0.3 is 0 Å². The molecule has 0 aliphatic heterocycles. The molecule has 1 aromatic rings. The normalized spacial score (nSPS) is 13.0. The minimum Gasteiger partial charge on any atom is -0.396 e. The van der Waals surface area contributed by atoms with E-state index in [2.05, 4.69) is 19.2 Å². The third kappa shape index (κ3) is 4.32. The van der Waals surface area contributed by atoms with E-state index < -0.39 is 6.10 Å². The van der Waals surface area contributed by atoms with Crippen molar-refractivity contribution < 1.29 is 15.0 Å². The van der Waals surface area contributed by atoms with Gasteiger partial charge in [0, 0.05) is 13.2 Å². The van der Waals surface area contributed by atoms with E-state index in [4.69, 9.17) is 5.11 Å². The number of carbonyl (C=O) groups excluding carboxylic acids is 1. The Kier molecular flexibility index (Phi) is 6.68. The number of hydrogen-bond acceptors (Lipinski definition) is 3. The lowest BCUT2D eigenvalue weighted by Gasteiger charge is -2.31. The van der Waals surface area contributed by atoms with Crippen LogP contribution in [-0.2, 0) is 4.79 Å². The summed E-state index contributed by atoms with van der Waals surface area (Å²) in [5.74, 6) is -0.389. The van der Waals surface area contributed by atoms with Crippen LogP contribution in [0.25, 0.3) is 0 Å². The summed E-state index contributed by atoms with van der Waals surface area (Å²) in [5.41, 5.74) is 0.492. The molecule has 0 saturated heterocycles. The Bertz CT molecular complexity index is 401. The second-order valence-electron chi connectivity index (χ2n) is 5.21. The van der Waals surface area contributed by atoms with Gasteiger partial charge in [0.25, 0.3) is 5.91 Å². The van der Waals surface area contributed by atoms with Crippen LogP contribution in [-0.4, -0.2) is 29.3 Å². The Morgan fingerprint density at radius 3 is 2.35 bits per heavy atom. The van der Waals surface area contributed by atoms with Gasteiger partial charge < -0.3 is 15.5 Å². The zero-order chi connectivity index (χ0) is 15.0. The maximum atomic E-state index is 12.0. The summed E-state index contributed by atoms with van der Waals surface area (Å²) in [5, 5.41) is 22.0. The topological polar surface area (TPSA) is 69.6 Å². The lowest BCUT2D eigenvalue weighted by Crippen LogP contribution is -2.39. The highest BCUT2D eigenvalue weighted by atomic mass is 16.3. The number of amides is 1. The van der Waals surface area contributed by atoms with Crippen LogP contribution >= 0.6 is 0 Å². The largest absolute Gasteiger partial charge is 0.396 e. The summed E-state index contributed by atoms with van der Waals surface area (Å²) in [4.78, 5) is 12.0. The number of aliphatic hydroxyl groups is 2. The quantitative estimate of drug-likeness (QED) is 0.682. The first kappa shape index (κ1) is 16.7. The fraction of sp³-hybridized carbons (Fsp3) is 0.562. The molecule has 0 spiro atoms. The molecule has 1 rings (SSSR count). The highest BCUT2D eigenvalue weighted by Gasteiger charge is 2.27. The fourth-order valence-electron chi connectivity index (χ4n) is 2.34. The fourth-order valence-corrected chi connectivity index (χ4v) is 2.34. The van der Waals surface area contributed by atoms with Gasteiger partial charge in [-0.1, -0.05) is 44.2 Å². The number of rotatable bonds is 8. The number of benzene rings is 1. The van der Waals surface area contributed by atoms with E-state index in [-0.39, 0.29) is 17.9 Å². The van der Waals surface area contributed by atoms with Gasteiger partial charge in [-0.05, 0) is 30.2 Å². The van der Waals surface area contributed by atoms with Crippen LogP contribution < -0.4 is 5.32 Å². The molecule has 0 fully saturated rings. The van der Waals surface area contributed by atoms with Crippen molar-refractivity contribution in [2.75, 3.05) is 13.2 Å². The predicted molar refractivity (Wildman–Crippen MR) is 79.1 cm³/mol. The Hall–Kier alpha value is -1.39. The van der Waals surface area contributed by atoms with E-state index in [1.165, 1.54) is 0 Å². The molecule has 0 heterocycles. The van der Waals surface area contributed by atoms with E-state index in [9.17, 15) is 9.90 Å². The van der Waals surface area contributed by atoms with Crippen molar-refractivity contribution in [3.63, 3.8) is 0 Å². The minimum absolute atomic E-state index is 0.0964. The Labute approximate surface area is 120 Å². The van der Waals surface area contributed by atoms with Gasteiger partial charge in [0.1, 0.15) is 0 Å². The summed E-state index contributed by atoms with van der Waals surface area (Å²) in [7, 11) is 0. The molecule has 1 aromatic carbocycles. The van der Waals surface area contributed by atoms with Crippen molar-refractivity contribution in [1.82, 2.24) is 5.32 Å². The third-order valence-electron chi connectivity index (χ3n) is 4.14. The lowest BCUT2D eigenvalue weighted by molar-refractivity contribution is -0.130. The van der Waals surface area contributed by atoms with Gasteiger partial charge in [0.05, 0.1) is 0 Å². The number of carbonyl (C=O) groups is 1. The van der Waals surface area contributed by atoms with Crippen molar-refractivity contribution in [2.24, 2.45) is 5.41 Å². The Morgan fingerprint density at radius 2 is 1.85 bits per heavy atom. The number of nitrogens with one attached hydrogen (secondary N) is 1. The highest BCUT2D eigenvalue weighted by molar-refractivity contribution is 5.81. The van der Waals surface area contributed by atoms with Crippen LogP contribution in [0.4, 0.5) is 0 Å². The van der Waals surface area contributed by atoms with Crippen molar-refractivity contribution in [3.05, 3.63) is 35.9 Å². The SMILES string of the molecule is CCC(CC)(CCO)CNC(=O)C(O)c1ccccc1. The maximum absolute atomic E-state index is 12.0. The zero-order valence-electron chi connectivity index (χ0n) is 12.3. The first-order chi connectivity index (χ1) is 9.58. The molecule has 1 atom stereocenters. The average molecular weight is 279 g/mol. The first-order valence-electron chi connectivity index (χ1n) is 7.20. The van der Waals surface area contributed by atoms with Crippen LogP contribution in [0.3, 0.4) is 0 Å².